The van der Waals surface area contributed by atoms with Crippen molar-refractivity contribution in [1.82, 2.24) is 0 Å². The molecule has 126 valence electrons. The molecule has 1 N–H and O–H groups in total. The fourth-order valence-electron chi connectivity index (χ4n) is 2.65. The summed E-state index contributed by atoms with van der Waals surface area (Å²) in [5.41, 5.74) is 1.36. The summed E-state index contributed by atoms with van der Waals surface area (Å²) in [5.74, 6) is 0.240. The monoisotopic (exact) mass is 356 g/mol. The van der Waals surface area contributed by atoms with E-state index in [0.717, 1.165) is 10.4 Å². The summed E-state index contributed by atoms with van der Waals surface area (Å²) < 4.78 is 15.8. The van der Waals surface area contributed by atoms with Gasteiger partial charge in [-0.25, -0.2) is 0 Å². The summed E-state index contributed by atoms with van der Waals surface area (Å²) in [5, 5.41) is 9.18. The molecule has 1 aromatic carbocycles. The Balaban J connectivity index is 1.77. The van der Waals surface area contributed by atoms with Crippen molar-refractivity contribution in [2.45, 2.75) is 6.42 Å². The SMILES string of the molecule is O=C(O)Cc1cc(C(=O)c2ccco2)sc1-c1ccc2c(c1)OCO2. The Morgan fingerprint density at radius 3 is 2.72 bits per heavy atom. The average Bonchev–Trinajstić information content (AvgIpc) is 3.33. The molecule has 3 aromatic rings. The molecular weight excluding hydrogens is 344 g/mol. The Bertz CT molecular complexity index is 954. The number of furan rings is 1. The van der Waals surface area contributed by atoms with E-state index < -0.39 is 5.97 Å². The van der Waals surface area contributed by atoms with Crippen LogP contribution in [0, 0.1) is 0 Å². The zero-order valence-corrected chi connectivity index (χ0v) is 13.7. The number of hydrogen-bond donors (Lipinski definition) is 1. The molecule has 2 aromatic heterocycles. The van der Waals surface area contributed by atoms with Gasteiger partial charge in [0.2, 0.25) is 12.6 Å². The van der Waals surface area contributed by atoms with E-state index in [9.17, 15) is 14.7 Å². The van der Waals surface area contributed by atoms with Crippen molar-refractivity contribution in [1.29, 1.82) is 0 Å². The Morgan fingerprint density at radius 2 is 1.96 bits per heavy atom. The highest BCUT2D eigenvalue weighted by Gasteiger charge is 2.22. The molecule has 0 bridgehead atoms. The number of ether oxygens (including phenoxy) is 2. The molecule has 1 aliphatic heterocycles. The lowest BCUT2D eigenvalue weighted by molar-refractivity contribution is -0.136. The molecule has 1 aliphatic rings. The van der Waals surface area contributed by atoms with Crippen LogP contribution in [0.15, 0.2) is 47.1 Å². The number of carbonyl (C=O) groups excluding carboxylic acids is 1. The van der Waals surface area contributed by atoms with Crippen molar-refractivity contribution < 1.29 is 28.6 Å². The summed E-state index contributed by atoms with van der Waals surface area (Å²) in [4.78, 5) is 24.9. The molecule has 0 radical (unpaired) electrons. The molecule has 0 spiro atoms. The number of aliphatic carboxylic acids is 1. The maximum absolute atomic E-state index is 12.5. The minimum absolute atomic E-state index is 0.160. The zero-order valence-electron chi connectivity index (χ0n) is 12.9. The van der Waals surface area contributed by atoms with E-state index in [2.05, 4.69) is 0 Å². The third-order valence-corrected chi connectivity index (χ3v) is 4.98. The van der Waals surface area contributed by atoms with E-state index in [4.69, 9.17) is 13.9 Å². The highest BCUT2D eigenvalue weighted by molar-refractivity contribution is 7.17. The Kier molecular flexibility index (Phi) is 3.77. The fraction of sp³-hybridized carbons (Fsp3) is 0.111. The van der Waals surface area contributed by atoms with Gasteiger partial charge in [0.15, 0.2) is 17.3 Å². The maximum atomic E-state index is 12.5. The van der Waals surface area contributed by atoms with E-state index in [1.54, 1.807) is 30.3 Å². The van der Waals surface area contributed by atoms with Crippen LogP contribution in [0.1, 0.15) is 21.0 Å². The lowest BCUT2D eigenvalue weighted by atomic mass is 10.1. The number of carboxylic acid groups (broad SMARTS) is 1. The Morgan fingerprint density at radius 1 is 1.12 bits per heavy atom. The van der Waals surface area contributed by atoms with Gasteiger partial charge in [-0.3, -0.25) is 9.59 Å². The van der Waals surface area contributed by atoms with Crippen molar-refractivity contribution in [3.63, 3.8) is 0 Å². The van der Waals surface area contributed by atoms with Crippen molar-refractivity contribution in [3.05, 3.63) is 58.9 Å². The van der Waals surface area contributed by atoms with Crippen LogP contribution in [-0.2, 0) is 11.2 Å². The van der Waals surface area contributed by atoms with Crippen LogP contribution in [0.4, 0.5) is 0 Å². The third kappa shape index (κ3) is 2.89. The molecule has 4 rings (SSSR count). The van der Waals surface area contributed by atoms with Gasteiger partial charge in [-0.2, -0.15) is 0 Å². The van der Waals surface area contributed by atoms with Crippen LogP contribution in [0.2, 0.25) is 0 Å². The van der Waals surface area contributed by atoms with E-state index in [1.165, 1.54) is 17.6 Å². The number of ketones is 1. The van der Waals surface area contributed by atoms with Gasteiger partial charge >= 0.3 is 5.97 Å². The lowest BCUT2D eigenvalue weighted by Gasteiger charge is -2.03. The molecule has 7 heteroatoms. The van der Waals surface area contributed by atoms with Crippen molar-refractivity contribution >= 4 is 23.1 Å². The number of fused-ring (bicyclic) bond motifs is 1. The smallest absolute Gasteiger partial charge is 0.307 e. The minimum Gasteiger partial charge on any atom is -0.481 e. The number of hydrogen-bond acceptors (Lipinski definition) is 6. The van der Waals surface area contributed by atoms with Crippen LogP contribution in [0.3, 0.4) is 0 Å². The summed E-state index contributed by atoms with van der Waals surface area (Å²) in [7, 11) is 0. The fourth-order valence-corrected chi connectivity index (χ4v) is 3.77. The molecule has 0 unspecified atom stereocenters. The molecule has 6 nitrogen and oxygen atoms in total. The number of benzene rings is 1. The highest BCUT2D eigenvalue weighted by atomic mass is 32.1. The van der Waals surface area contributed by atoms with Crippen molar-refractivity contribution in [2.24, 2.45) is 0 Å². The van der Waals surface area contributed by atoms with Crippen LogP contribution in [0.25, 0.3) is 10.4 Å². The second-order valence-corrected chi connectivity index (χ2v) is 6.46. The summed E-state index contributed by atoms with van der Waals surface area (Å²) in [6, 6.07) is 10.2. The number of carbonyl (C=O) groups is 2. The van der Waals surface area contributed by atoms with Gasteiger partial charge in [0.05, 0.1) is 17.6 Å². The van der Waals surface area contributed by atoms with E-state index in [0.29, 0.717) is 21.9 Å². The largest absolute Gasteiger partial charge is 0.481 e. The van der Waals surface area contributed by atoms with Gasteiger partial charge in [-0.1, -0.05) is 0 Å². The highest BCUT2D eigenvalue weighted by Crippen LogP contribution is 2.40. The lowest BCUT2D eigenvalue weighted by Crippen LogP contribution is -2.00. The second-order valence-electron chi connectivity index (χ2n) is 5.41. The van der Waals surface area contributed by atoms with Crippen LogP contribution in [-0.4, -0.2) is 23.7 Å². The first-order valence-electron chi connectivity index (χ1n) is 7.44. The predicted molar refractivity (Wildman–Crippen MR) is 89.4 cm³/mol. The first-order valence-corrected chi connectivity index (χ1v) is 8.26. The topological polar surface area (TPSA) is 86.0 Å². The van der Waals surface area contributed by atoms with Crippen molar-refractivity contribution in [2.75, 3.05) is 6.79 Å². The van der Waals surface area contributed by atoms with Gasteiger partial charge in [0.1, 0.15) is 0 Å². The Labute approximate surface area is 146 Å². The molecule has 0 saturated heterocycles. The Hall–Kier alpha value is -3.06. The molecule has 0 fully saturated rings. The van der Waals surface area contributed by atoms with Crippen LogP contribution in [0.5, 0.6) is 11.5 Å². The van der Waals surface area contributed by atoms with E-state index in [-0.39, 0.29) is 24.8 Å². The number of rotatable bonds is 5. The average molecular weight is 356 g/mol. The normalized spacial score (nSPS) is 12.3. The van der Waals surface area contributed by atoms with Crippen molar-refractivity contribution in [3.8, 4) is 21.9 Å². The first-order chi connectivity index (χ1) is 12.1. The molecule has 0 amide bonds. The predicted octanol–water partition coefficient (Wildman–Crippen LogP) is 3.59. The van der Waals surface area contributed by atoms with Gasteiger partial charge in [0.25, 0.3) is 0 Å². The van der Waals surface area contributed by atoms with E-state index in [1.807, 2.05) is 6.07 Å². The molecule has 0 aliphatic carbocycles. The molecular formula is C18H12O6S. The minimum atomic E-state index is -0.961. The third-order valence-electron chi connectivity index (χ3n) is 3.75. The number of thiophene rings is 1. The van der Waals surface area contributed by atoms with Crippen LogP contribution < -0.4 is 9.47 Å². The molecule has 0 atom stereocenters. The van der Waals surface area contributed by atoms with Gasteiger partial charge in [-0.05, 0) is 47.5 Å². The van der Waals surface area contributed by atoms with E-state index >= 15 is 0 Å². The zero-order chi connectivity index (χ0) is 17.4. The van der Waals surface area contributed by atoms with Gasteiger partial charge < -0.3 is 19.0 Å². The molecule has 25 heavy (non-hydrogen) atoms. The summed E-state index contributed by atoms with van der Waals surface area (Å²) >= 11 is 1.24. The summed E-state index contributed by atoms with van der Waals surface area (Å²) in [6.45, 7) is 0.160. The van der Waals surface area contributed by atoms with Gasteiger partial charge in [0, 0.05) is 4.88 Å². The number of carboxylic acids is 1. The standard InChI is InChI=1S/C18H12O6S/c19-16(20)8-11-7-15(17(21)13-2-1-5-22-13)25-18(11)10-3-4-12-14(6-10)24-9-23-12/h1-7H,8-9H2,(H,19,20). The second kappa shape index (κ2) is 6.10. The summed E-state index contributed by atoms with van der Waals surface area (Å²) in [6.07, 6.45) is 1.25. The molecule has 3 heterocycles. The maximum Gasteiger partial charge on any atom is 0.307 e. The molecule has 0 saturated carbocycles. The first kappa shape index (κ1) is 15.5. The quantitative estimate of drug-likeness (QED) is 0.703. The van der Waals surface area contributed by atoms with Crippen LogP contribution >= 0.6 is 11.3 Å². The van der Waals surface area contributed by atoms with Gasteiger partial charge in [-0.15, -0.1) is 11.3 Å².